The molecular weight excluding hydrogens is 1210 g/mol. The molecule has 0 spiro atoms. The van der Waals surface area contributed by atoms with Crippen molar-refractivity contribution in [1.82, 2.24) is 35.7 Å². The zero-order valence-corrected chi connectivity index (χ0v) is 58.2. The molecule has 7 aromatic rings. The van der Waals surface area contributed by atoms with E-state index in [2.05, 4.69) is 198 Å². The molecule has 0 unspecified atom stereocenters. The zero-order valence-electron chi connectivity index (χ0n) is 58.2. The maximum absolute atomic E-state index is 13.0. The second kappa shape index (κ2) is 33.7. The van der Waals surface area contributed by atoms with Crippen LogP contribution in [0.2, 0.25) is 0 Å². The molecule has 0 saturated carbocycles. The van der Waals surface area contributed by atoms with Gasteiger partial charge in [-0.1, -0.05) is 94.4 Å². The van der Waals surface area contributed by atoms with Gasteiger partial charge in [0.15, 0.2) is 6.29 Å². The highest BCUT2D eigenvalue weighted by Gasteiger charge is 2.30. The van der Waals surface area contributed by atoms with Crippen LogP contribution >= 0.6 is 0 Å². The van der Waals surface area contributed by atoms with E-state index in [1.165, 1.54) is 59.3 Å². The van der Waals surface area contributed by atoms with Crippen molar-refractivity contribution in [3.8, 4) is 0 Å². The predicted octanol–water partition coefficient (Wildman–Crippen LogP) is 12.3. The van der Waals surface area contributed by atoms with Crippen LogP contribution in [0.1, 0.15) is 177 Å². The first kappa shape index (κ1) is 70.7. The number of hydrogen-bond donors (Lipinski definition) is 8. The molecule has 6 aliphatic heterocycles. The van der Waals surface area contributed by atoms with Gasteiger partial charge in [0.05, 0.1) is 35.2 Å². The molecule has 5 amide bonds. The third-order valence-corrected chi connectivity index (χ3v) is 20.4. The average Bonchev–Trinajstić information content (AvgIpc) is 1.66. The molecule has 0 atom stereocenters. The number of aldehydes is 1. The molecule has 6 aliphatic rings. The number of carbonyl (C=O) groups is 6. The SMILES string of the molecule is CCN(CC)CCNC(=O)c1c(C)[nH]c(/C=C2\C(=O)Nc3ccc(C4CCN(c5ccccc5)CC4)cc32)c1C.CCN(CC)CCNC(=O)c1c(C)[nH]c(C=O)c1C.O=C1Cc2cc(C3CCN(c4ccccc4)CC3)ccc2N1.O=C1Cc2cc(C3CCNCC3)ccc2N1. The molecule has 3 saturated heterocycles. The molecule has 18 heteroatoms. The quantitative estimate of drug-likeness (QED) is 0.0281. The number of nitrogens with zero attached hydrogens (tertiary/aromatic N) is 4. The molecule has 512 valence electrons. The number of aromatic amines is 2. The van der Waals surface area contributed by atoms with Crippen LogP contribution in [0.4, 0.5) is 28.4 Å². The molecule has 97 heavy (non-hydrogen) atoms. The molecule has 8 heterocycles. The van der Waals surface area contributed by atoms with Gasteiger partial charge < -0.3 is 61.5 Å². The predicted molar refractivity (Wildman–Crippen MR) is 393 cm³/mol. The van der Waals surface area contributed by atoms with Crippen LogP contribution in [0.25, 0.3) is 11.6 Å². The van der Waals surface area contributed by atoms with Crippen LogP contribution in [0.5, 0.6) is 0 Å². The lowest BCUT2D eigenvalue weighted by atomic mass is 9.87. The third-order valence-electron chi connectivity index (χ3n) is 20.4. The number of hydrogen-bond acceptors (Lipinski definition) is 11. The Kier molecular flexibility index (Phi) is 24.6. The van der Waals surface area contributed by atoms with Crippen LogP contribution in [-0.4, -0.2) is 147 Å². The topological polar surface area (TPSA) is 219 Å². The smallest absolute Gasteiger partial charge is 0.256 e. The summed E-state index contributed by atoms with van der Waals surface area (Å²) >= 11 is 0. The van der Waals surface area contributed by atoms with Crippen molar-refractivity contribution in [1.29, 1.82) is 0 Å². The monoisotopic (exact) mass is 1310 g/mol. The van der Waals surface area contributed by atoms with E-state index in [4.69, 9.17) is 0 Å². The Balaban J connectivity index is 0.000000151. The average molecular weight is 1310 g/mol. The Bertz CT molecular complexity index is 3900. The number of benzene rings is 5. The van der Waals surface area contributed by atoms with E-state index in [0.29, 0.717) is 71.6 Å². The van der Waals surface area contributed by atoms with E-state index in [9.17, 15) is 28.8 Å². The van der Waals surface area contributed by atoms with Gasteiger partial charge in [-0.05, 0) is 217 Å². The van der Waals surface area contributed by atoms with Gasteiger partial charge in [-0.15, -0.1) is 0 Å². The van der Waals surface area contributed by atoms with Crippen molar-refractivity contribution < 1.29 is 28.8 Å². The minimum absolute atomic E-state index is 0.0801. The highest BCUT2D eigenvalue weighted by molar-refractivity contribution is 6.35. The molecule has 0 radical (unpaired) electrons. The standard InChI is InChI=1S/C33H41N5O2.C19H20N2O.C14H23N3O2.C13H16N2O/c1-5-37(6-2)19-16-34-33(40)31-22(3)30(35-23(31)4)21-28-27-20-25(12-13-29(27)36-32(28)39)24-14-17-38(18-15-24)26-10-8-7-9-11-26;22-19-13-16-12-15(6-7-18(16)20-19)14-8-10-21(11-9-14)17-4-2-1-3-5-17;1-5-17(6-2)8-7-15-14(19)13-10(3)12(9-18)16-11(13)4;16-13-8-11-7-10(1-2-12(11)15-13)9-3-5-14-6-4-9/h7-13,20-21,24,35H,5-6,14-19H2,1-4H3,(H,34,40)(H,36,39);1-7,12,14H,8-11,13H2,(H,20,22);9,16H,5-8H2,1-4H3,(H,15,19);1-2,7,9,14H,3-6,8H2,(H,15,16)/b28-21-;;;. The van der Waals surface area contributed by atoms with E-state index < -0.39 is 0 Å². The zero-order chi connectivity index (χ0) is 68.5. The maximum atomic E-state index is 13.0. The van der Waals surface area contributed by atoms with Gasteiger partial charge in [-0.2, -0.15) is 0 Å². The molecule has 5 aromatic carbocycles. The molecule has 2 aromatic heterocycles. The second-order valence-electron chi connectivity index (χ2n) is 26.3. The lowest BCUT2D eigenvalue weighted by Gasteiger charge is -2.34. The van der Waals surface area contributed by atoms with Crippen LogP contribution in [0.3, 0.4) is 0 Å². The summed E-state index contributed by atoms with van der Waals surface area (Å²) in [6, 6.07) is 40.6. The Hall–Kier alpha value is -9.10. The lowest BCUT2D eigenvalue weighted by Crippen LogP contribution is -2.35. The first-order valence-corrected chi connectivity index (χ1v) is 35.2. The van der Waals surface area contributed by atoms with E-state index in [1.54, 1.807) is 13.8 Å². The van der Waals surface area contributed by atoms with Crippen molar-refractivity contribution in [2.75, 3.05) is 117 Å². The Morgan fingerprint density at radius 2 is 0.928 bits per heavy atom. The Morgan fingerprint density at radius 3 is 1.36 bits per heavy atom. The van der Waals surface area contributed by atoms with Gasteiger partial charge in [-0.3, -0.25) is 28.8 Å². The molecule has 3 fully saturated rings. The van der Waals surface area contributed by atoms with Gasteiger partial charge in [0, 0.05) is 103 Å². The summed E-state index contributed by atoms with van der Waals surface area (Å²) in [5.41, 5.74) is 19.0. The van der Waals surface area contributed by atoms with Crippen molar-refractivity contribution in [2.45, 2.75) is 125 Å². The summed E-state index contributed by atoms with van der Waals surface area (Å²) in [7, 11) is 0. The molecule has 0 aliphatic carbocycles. The fourth-order valence-corrected chi connectivity index (χ4v) is 14.5. The highest BCUT2D eigenvalue weighted by atomic mass is 16.2. The van der Waals surface area contributed by atoms with Crippen molar-refractivity contribution in [3.63, 3.8) is 0 Å². The molecule has 0 bridgehead atoms. The van der Waals surface area contributed by atoms with Gasteiger partial charge in [0.25, 0.3) is 17.7 Å². The number of aromatic nitrogens is 2. The number of nitrogens with one attached hydrogen (secondary N) is 8. The molecule has 13 rings (SSSR count). The number of piperidine rings is 3. The highest BCUT2D eigenvalue weighted by Crippen LogP contribution is 2.40. The summed E-state index contributed by atoms with van der Waals surface area (Å²) < 4.78 is 0. The second-order valence-corrected chi connectivity index (χ2v) is 26.3. The summed E-state index contributed by atoms with van der Waals surface area (Å²) in [4.78, 5) is 87.5. The maximum Gasteiger partial charge on any atom is 0.256 e. The van der Waals surface area contributed by atoms with Gasteiger partial charge >= 0.3 is 0 Å². The molecular formula is C79H100N12O6. The van der Waals surface area contributed by atoms with Crippen molar-refractivity contribution in [2.24, 2.45) is 0 Å². The number of aryl methyl sites for hydroxylation is 2. The van der Waals surface area contributed by atoms with Crippen LogP contribution in [0.15, 0.2) is 115 Å². The third kappa shape index (κ3) is 17.7. The number of H-pyrrole nitrogens is 2. The number of amides is 5. The van der Waals surface area contributed by atoms with Gasteiger partial charge in [0.2, 0.25) is 11.8 Å². The Morgan fingerprint density at radius 1 is 0.515 bits per heavy atom. The van der Waals surface area contributed by atoms with E-state index >= 15 is 0 Å². The first-order valence-electron chi connectivity index (χ1n) is 35.2. The van der Waals surface area contributed by atoms with E-state index in [1.807, 2.05) is 26.0 Å². The van der Waals surface area contributed by atoms with E-state index in [0.717, 1.165) is 148 Å². The van der Waals surface area contributed by atoms with E-state index in [-0.39, 0.29) is 29.5 Å². The summed E-state index contributed by atoms with van der Waals surface area (Å²) in [6.07, 6.45) is 10.7. The molecule has 18 nitrogen and oxygen atoms in total. The number of fused-ring (bicyclic) bond motifs is 3. The minimum Gasteiger partial charge on any atom is -0.371 e. The summed E-state index contributed by atoms with van der Waals surface area (Å²) in [6.45, 7) is 29.1. The number of anilines is 5. The summed E-state index contributed by atoms with van der Waals surface area (Å²) in [5, 5.41) is 18.2. The first-order chi connectivity index (χ1) is 47.1. The minimum atomic E-state index is -0.119. The van der Waals surface area contributed by atoms with Crippen LogP contribution in [0, 0.1) is 27.7 Å². The lowest BCUT2D eigenvalue weighted by molar-refractivity contribution is -0.115. The fourth-order valence-electron chi connectivity index (χ4n) is 14.5. The van der Waals surface area contributed by atoms with Crippen molar-refractivity contribution >= 4 is 75.9 Å². The number of para-hydroxylation sites is 2. The number of likely N-dealkylation sites (N-methyl/N-ethyl adjacent to an activating group) is 2. The van der Waals surface area contributed by atoms with Gasteiger partial charge in [-0.25, -0.2) is 0 Å². The number of carbonyl (C=O) groups excluding carboxylic acids is 6. The molecule has 8 N–H and O–H groups in total. The normalized spacial score (nSPS) is 16.4. The van der Waals surface area contributed by atoms with Crippen LogP contribution in [-0.2, 0) is 27.2 Å². The Labute approximate surface area is 573 Å². The largest absolute Gasteiger partial charge is 0.371 e. The van der Waals surface area contributed by atoms with Gasteiger partial charge in [0.1, 0.15) is 0 Å². The number of rotatable bonds is 19. The fraction of sp³-hybridized carbons (Fsp3) is 0.418. The van der Waals surface area contributed by atoms with Crippen LogP contribution < -0.4 is 41.7 Å². The van der Waals surface area contributed by atoms with Crippen molar-refractivity contribution in [3.05, 3.63) is 194 Å². The summed E-state index contributed by atoms with van der Waals surface area (Å²) in [5.74, 6) is 1.67.